The van der Waals surface area contributed by atoms with Gasteiger partial charge in [-0.25, -0.2) is 13.8 Å². The molecule has 3 nitrogen and oxygen atoms in total. The molecule has 0 radical (unpaired) electrons. The number of hydrogen-bond donors (Lipinski definition) is 0. The Morgan fingerprint density at radius 2 is 2.23 bits per heavy atom. The zero-order chi connectivity index (χ0) is 15.7. The number of carbonyl (C=O) groups excluding carboxylic acids is 1. The maximum atomic E-state index is 13.8. The highest BCUT2D eigenvalue weighted by Crippen LogP contribution is 2.31. The molecule has 0 spiro atoms. The number of thioether (sulfide) groups is 1. The fourth-order valence-electron chi connectivity index (χ4n) is 2.13. The molecule has 0 atom stereocenters. The van der Waals surface area contributed by atoms with Crippen LogP contribution in [0, 0.1) is 18.6 Å². The average Bonchev–Trinajstić information content (AvgIpc) is 3.10. The van der Waals surface area contributed by atoms with E-state index in [0.717, 1.165) is 34.7 Å². The lowest BCUT2D eigenvalue weighted by molar-refractivity contribution is 0.0826. The molecule has 0 saturated carbocycles. The van der Waals surface area contributed by atoms with Crippen molar-refractivity contribution in [2.75, 3.05) is 12.3 Å². The van der Waals surface area contributed by atoms with E-state index in [1.54, 1.807) is 6.08 Å². The summed E-state index contributed by atoms with van der Waals surface area (Å²) >= 11 is 3.02. The van der Waals surface area contributed by atoms with E-state index in [1.807, 2.05) is 12.3 Å². The molecule has 1 aromatic heterocycles. The second-order valence-electron chi connectivity index (χ2n) is 4.70. The Labute approximate surface area is 134 Å². The lowest BCUT2D eigenvalue weighted by atomic mass is 10.2. The summed E-state index contributed by atoms with van der Waals surface area (Å²) < 4.78 is 27.1. The van der Waals surface area contributed by atoms with Crippen molar-refractivity contribution in [3.63, 3.8) is 0 Å². The molecule has 7 heteroatoms. The third-order valence-corrected chi connectivity index (χ3v) is 4.96. The maximum absolute atomic E-state index is 13.8. The number of aromatic nitrogens is 1. The summed E-state index contributed by atoms with van der Waals surface area (Å²) in [5, 5.41) is 3.54. The van der Waals surface area contributed by atoms with Gasteiger partial charge in [0.25, 0.3) is 5.91 Å². The van der Waals surface area contributed by atoms with Gasteiger partial charge in [-0.2, -0.15) is 0 Å². The minimum absolute atomic E-state index is 0.247. The number of hydrogen-bond acceptors (Lipinski definition) is 4. The number of rotatable bonds is 2. The van der Waals surface area contributed by atoms with Crippen LogP contribution in [0.15, 0.2) is 28.6 Å². The molecule has 1 amide bonds. The van der Waals surface area contributed by atoms with Gasteiger partial charge in [-0.3, -0.25) is 4.79 Å². The van der Waals surface area contributed by atoms with E-state index in [9.17, 15) is 13.6 Å². The monoisotopic (exact) mass is 338 g/mol. The number of amides is 1. The SMILES string of the molecule is Cc1nc(/C=C2/SCCN2C(=O)c2cc(F)ccc2F)cs1. The van der Waals surface area contributed by atoms with Crippen molar-refractivity contribution < 1.29 is 13.6 Å². The summed E-state index contributed by atoms with van der Waals surface area (Å²) in [5.74, 6) is -1.15. The first-order valence-corrected chi connectivity index (χ1v) is 8.44. The Bertz CT molecular complexity index is 758. The largest absolute Gasteiger partial charge is 0.302 e. The fraction of sp³-hybridized carbons (Fsp3) is 0.200. The van der Waals surface area contributed by atoms with Crippen LogP contribution in [0.4, 0.5) is 8.78 Å². The Hall–Kier alpha value is -1.73. The smallest absolute Gasteiger partial charge is 0.261 e. The maximum Gasteiger partial charge on any atom is 0.261 e. The summed E-state index contributed by atoms with van der Waals surface area (Å²) in [6.07, 6.45) is 1.80. The average molecular weight is 338 g/mol. The molecule has 0 unspecified atom stereocenters. The van der Waals surface area contributed by atoms with Crippen LogP contribution in [0.2, 0.25) is 0 Å². The number of carbonyl (C=O) groups is 1. The van der Waals surface area contributed by atoms with E-state index in [4.69, 9.17) is 0 Å². The van der Waals surface area contributed by atoms with Crippen LogP contribution in [0.3, 0.4) is 0 Å². The molecular weight excluding hydrogens is 326 g/mol. The van der Waals surface area contributed by atoms with Gasteiger partial charge >= 0.3 is 0 Å². The van der Waals surface area contributed by atoms with Gasteiger partial charge in [0.05, 0.1) is 21.3 Å². The Balaban J connectivity index is 1.91. The first-order valence-electron chi connectivity index (χ1n) is 6.58. The molecule has 0 aliphatic carbocycles. The van der Waals surface area contributed by atoms with Gasteiger partial charge in [-0.05, 0) is 31.2 Å². The molecule has 114 valence electrons. The summed E-state index contributed by atoms with van der Waals surface area (Å²) in [6, 6.07) is 2.91. The van der Waals surface area contributed by atoms with Gasteiger partial charge in [-0.15, -0.1) is 23.1 Å². The van der Waals surface area contributed by atoms with Crippen LogP contribution in [-0.4, -0.2) is 28.1 Å². The van der Waals surface area contributed by atoms with Crippen LogP contribution in [-0.2, 0) is 0 Å². The lowest BCUT2D eigenvalue weighted by Crippen LogP contribution is -2.27. The number of nitrogens with zero attached hydrogens (tertiary/aromatic N) is 2. The molecule has 0 bridgehead atoms. The molecule has 22 heavy (non-hydrogen) atoms. The summed E-state index contributed by atoms with van der Waals surface area (Å²) in [7, 11) is 0. The summed E-state index contributed by atoms with van der Waals surface area (Å²) in [5.41, 5.74) is 0.521. The highest BCUT2D eigenvalue weighted by molar-refractivity contribution is 8.03. The number of aryl methyl sites for hydroxylation is 1. The van der Waals surface area contributed by atoms with E-state index < -0.39 is 17.5 Å². The van der Waals surface area contributed by atoms with Crippen molar-refractivity contribution in [2.45, 2.75) is 6.92 Å². The molecule has 0 N–H and O–H groups in total. The fourth-order valence-corrected chi connectivity index (χ4v) is 3.72. The quantitative estimate of drug-likeness (QED) is 0.832. The van der Waals surface area contributed by atoms with Crippen LogP contribution in [0.5, 0.6) is 0 Å². The highest BCUT2D eigenvalue weighted by Gasteiger charge is 2.27. The Kier molecular flexibility index (Phi) is 4.26. The lowest BCUT2D eigenvalue weighted by Gasteiger charge is -2.17. The van der Waals surface area contributed by atoms with Gasteiger partial charge in [0.1, 0.15) is 11.6 Å². The molecule has 2 heterocycles. The van der Waals surface area contributed by atoms with Crippen LogP contribution >= 0.6 is 23.1 Å². The molecule has 1 saturated heterocycles. The normalized spacial score (nSPS) is 16.5. The molecule has 1 aliphatic rings. The zero-order valence-electron chi connectivity index (χ0n) is 11.7. The van der Waals surface area contributed by atoms with Crippen molar-refractivity contribution in [3.8, 4) is 0 Å². The van der Waals surface area contributed by atoms with Crippen molar-refractivity contribution in [2.24, 2.45) is 0 Å². The summed E-state index contributed by atoms with van der Waals surface area (Å²) in [6.45, 7) is 2.37. The molecule has 1 aromatic carbocycles. The van der Waals surface area contributed by atoms with Crippen molar-refractivity contribution >= 4 is 35.1 Å². The first kappa shape index (κ1) is 15.2. The number of thiazole rings is 1. The van der Waals surface area contributed by atoms with E-state index >= 15 is 0 Å². The second-order valence-corrected chi connectivity index (χ2v) is 6.88. The zero-order valence-corrected chi connectivity index (χ0v) is 13.3. The Morgan fingerprint density at radius 3 is 2.95 bits per heavy atom. The van der Waals surface area contributed by atoms with Gasteiger partial charge in [0.2, 0.25) is 0 Å². The van der Waals surface area contributed by atoms with Crippen LogP contribution < -0.4 is 0 Å². The molecule has 2 aromatic rings. The van der Waals surface area contributed by atoms with Gasteiger partial charge in [0, 0.05) is 17.7 Å². The third kappa shape index (κ3) is 3.05. The van der Waals surface area contributed by atoms with Crippen molar-refractivity contribution in [1.82, 2.24) is 9.88 Å². The number of halogens is 2. The molecular formula is C15H12F2N2OS2. The van der Waals surface area contributed by atoms with Crippen molar-refractivity contribution in [3.05, 3.63) is 56.5 Å². The van der Waals surface area contributed by atoms with Gasteiger partial charge in [-0.1, -0.05) is 0 Å². The summed E-state index contributed by atoms with van der Waals surface area (Å²) in [4.78, 5) is 18.3. The van der Waals surface area contributed by atoms with Gasteiger partial charge in [0.15, 0.2) is 0 Å². The molecule has 1 fully saturated rings. The van der Waals surface area contributed by atoms with E-state index in [0.29, 0.717) is 11.6 Å². The Morgan fingerprint density at radius 1 is 1.41 bits per heavy atom. The minimum Gasteiger partial charge on any atom is -0.302 e. The third-order valence-electron chi connectivity index (χ3n) is 3.14. The van der Waals surface area contributed by atoms with Crippen LogP contribution in [0.1, 0.15) is 21.1 Å². The topological polar surface area (TPSA) is 33.2 Å². The van der Waals surface area contributed by atoms with Crippen LogP contribution in [0.25, 0.3) is 6.08 Å². The van der Waals surface area contributed by atoms with E-state index in [2.05, 4.69) is 4.98 Å². The first-order chi connectivity index (χ1) is 10.5. The standard InChI is InChI=1S/C15H12F2N2OS2/c1-9-18-11(8-22-9)7-14-19(4-5-21-14)15(20)12-6-10(16)2-3-13(12)17/h2-3,6-8H,4-5H2,1H3/b14-7+. The van der Waals surface area contributed by atoms with E-state index in [-0.39, 0.29) is 5.56 Å². The van der Waals surface area contributed by atoms with Gasteiger partial charge < -0.3 is 4.90 Å². The second kappa shape index (κ2) is 6.18. The molecule has 3 rings (SSSR count). The predicted octanol–water partition coefficient (Wildman–Crippen LogP) is 3.92. The minimum atomic E-state index is -0.716. The van der Waals surface area contributed by atoms with E-state index in [1.165, 1.54) is 28.0 Å². The predicted molar refractivity (Wildman–Crippen MR) is 84.7 cm³/mol. The molecule has 1 aliphatic heterocycles. The van der Waals surface area contributed by atoms with Crippen molar-refractivity contribution in [1.29, 1.82) is 0 Å². The highest BCUT2D eigenvalue weighted by atomic mass is 32.2. The number of benzene rings is 1.